The van der Waals surface area contributed by atoms with Gasteiger partial charge in [-0.15, -0.1) is 0 Å². The lowest BCUT2D eigenvalue weighted by atomic mass is 9.93. The number of hydrogen-bond acceptors (Lipinski definition) is 4. The van der Waals surface area contributed by atoms with Crippen LogP contribution in [0.25, 0.3) is 0 Å². The molecule has 21 heavy (non-hydrogen) atoms. The van der Waals surface area contributed by atoms with E-state index in [-0.39, 0.29) is 12.0 Å². The van der Waals surface area contributed by atoms with Crippen LogP contribution in [0, 0.1) is 20.8 Å². The van der Waals surface area contributed by atoms with E-state index < -0.39 is 5.54 Å². The fourth-order valence-corrected chi connectivity index (χ4v) is 2.96. The first-order valence-corrected chi connectivity index (χ1v) is 7.67. The van der Waals surface area contributed by atoms with E-state index in [0.29, 0.717) is 12.5 Å². The monoisotopic (exact) mass is 293 g/mol. The van der Waals surface area contributed by atoms with Crippen molar-refractivity contribution in [2.24, 2.45) is 0 Å². The molecule has 1 aromatic rings. The van der Waals surface area contributed by atoms with E-state index in [1.54, 1.807) is 0 Å². The maximum absolute atomic E-state index is 12.2. The Morgan fingerprint density at radius 3 is 2.52 bits per heavy atom. The third-order valence-corrected chi connectivity index (χ3v) is 4.54. The first-order valence-electron chi connectivity index (χ1n) is 7.67. The zero-order valence-electron chi connectivity index (χ0n) is 14.0. The van der Waals surface area contributed by atoms with Crippen LogP contribution in [0.5, 0.6) is 0 Å². The molecule has 1 aliphatic carbocycles. The van der Waals surface area contributed by atoms with Gasteiger partial charge >= 0.3 is 5.97 Å². The largest absolute Gasteiger partial charge is 0.468 e. The maximum Gasteiger partial charge on any atom is 0.325 e. The number of nitrogens with one attached hydrogen (secondary N) is 1. The Labute approximate surface area is 127 Å². The second-order valence-corrected chi connectivity index (χ2v) is 6.54. The first kappa shape index (κ1) is 16.0. The predicted molar refractivity (Wildman–Crippen MR) is 82.3 cm³/mol. The summed E-state index contributed by atoms with van der Waals surface area (Å²) >= 11 is 0. The minimum atomic E-state index is -0.657. The molecule has 5 heteroatoms. The van der Waals surface area contributed by atoms with Crippen molar-refractivity contribution in [3.8, 4) is 0 Å². The van der Waals surface area contributed by atoms with Gasteiger partial charge in [0.15, 0.2) is 0 Å². The van der Waals surface area contributed by atoms with Gasteiger partial charge in [-0.3, -0.25) is 14.8 Å². The van der Waals surface area contributed by atoms with Crippen molar-refractivity contribution >= 4 is 5.97 Å². The third-order valence-electron chi connectivity index (χ3n) is 4.54. The molecule has 1 saturated carbocycles. The molecular formula is C16H27N3O2. The summed E-state index contributed by atoms with van der Waals surface area (Å²) in [6.45, 7) is 10.2. The molecule has 5 nitrogen and oxygen atoms in total. The van der Waals surface area contributed by atoms with Gasteiger partial charge in [0.25, 0.3) is 0 Å². The molecule has 2 unspecified atom stereocenters. The van der Waals surface area contributed by atoms with Crippen LogP contribution in [0.2, 0.25) is 0 Å². The van der Waals surface area contributed by atoms with E-state index in [2.05, 4.69) is 31.2 Å². The van der Waals surface area contributed by atoms with Gasteiger partial charge in [-0.25, -0.2) is 0 Å². The summed E-state index contributed by atoms with van der Waals surface area (Å²) in [6.07, 6.45) is 2.94. The number of nitrogens with zero attached hydrogens (tertiary/aromatic N) is 2. The molecule has 1 aromatic heterocycles. The molecule has 0 aliphatic heterocycles. The highest BCUT2D eigenvalue weighted by atomic mass is 16.5. The maximum atomic E-state index is 12.2. The van der Waals surface area contributed by atoms with Crippen molar-refractivity contribution < 1.29 is 9.53 Å². The Balaban J connectivity index is 2.18. The Morgan fingerprint density at radius 1 is 1.48 bits per heavy atom. The van der Waals surface area contributed by atoms with Gasteiger partial charge in [0.2, 0.25) is 0 Å². The number of hydrogen-bond donors (Lipinski definition) is 1. The Kier molecular flexibility index (Phi) is 4.42. The van der Waals surface area contributed by atoms with E-state index in [9.17, 15) is 4.79 Å². The minimum absolute atomic E-state index is 0.132. The van der Waals surface area contributed by atoms with Crippen molar-refractivity contribution in [1.82, 2.24) is 15.1 Å². The van der Waals surface area contributed by atoms with Crippen LogP contribution in [0.3, 0.4) is 0 Å². The van der Waals surface area contributed by atoms with Crippen LogP contribution in [0.4, 0.5) is 0 Å². The average molecular weight is 293 g/mol. The number of aryl methyl sites for hydroxylation is 1. The topological polar surface area (TPSA) is 56.2 Å². The molecule has 2 rings (SSSR count). The molecule has 2 atom stereocenters. The summed E-state index contributed by atoms with van der Waals surface area (Å²) in [4.78, 5) is 12.2. The normalized spacial score (nSPS) is 19.1. The third kappa shape index (κ3) is 3.28. The van der Waals surface area contributed by atoms with E-state index in [0.717, 1.165) is 18.5 Å². The smallest absolute Gasteiger partial charge is 0.325 e. The second kappa shape index (κ2) is 5.79. The van der Waals surface area contributed by atoms with Crippen molar-refractivity contribution in [2.45, 2.75) is 71.5 Å². The molecule has 1 aliphatic rings. The Morgan fingerprint density at radius 2 is 2.10 bits per heavy atom. The lowest BCUT2D eigenvalue weighted by molar-refractivity contribution is -0.148. The van der Waals surface area contributed by atoms with Crippen LogP contribution < -0.4 is 5.32 Å². The van der Waals surface area contributed by atoms with Gasteiger partial charge in [-0.2, -0.15) is 5.10 Å². The van der Waals surface area contributed by atoms with Crippen molar-refractivity contribution in [1.29, 1.82) is 0 Å². The van der Waals surface area contributed by atoms with Gasteiger partial charge in [0.05, 0.1) is 18.8 Å². The predicted octanol–water partition coefficient (Wildman–Crippen LogP) is 2.44. The van der Waals surface area contributed by atoms with E-state index in [1.807, 2.05) is 18.5 Å². The van der Waals surface area contributed by atoms with Crippen molar-refractivity contribution in [3.63, 3.8) is 0 Å². The molecule has 0 radical (unpaired) electrons. The molecule has 0 amide bonds. The summed E-state index contributed by atoms with van der Waals surface area (Å²) in [6, 6.07) is 0.580. The highest BCUT2D eigenvalue weighted by molar-refractivity contribution is 5.80. The van der Waals surface area contributed by atoms with Gasteiger partial charge in [-0.1, -0.05) is 0 Å². The van der Waals surface area contributed by atoms with E-state index in [1.165, 1.54) is 18.4 Å². The lowest BCUT2D eigenvalue weighted by Crippen LogP contribution is -2.52. The first-order chi connectivity index (χ1) is 9.78. The number of methoxy groups -OCH3 is 1. The molecule has 0 bridgehead atoms. The Bertz CT molecular complexity index is 534. The standard InChI is InChI=1S/C16H27N3O2/c1-10(19-13(4)11(2)12(3)18-19)9-16(5,15(20)21-6)17-14-7-8-14/h10,14,17H,7-9H2,1-6H3. The molecule has 1 heterocycles. The number of carbonyl (C=O) groups is 1. The summed E-state index contributed by atoms with van der Waals surface area (Å²) in [5.74, 6) is -0.195. The van der Waals surface area contributed by atoms with Gasteiger partial charge in [0, 0.05) is 11.7 Å². The fourth-order valence-electron chi connectivity index (χ4n) is 2.96. The van der Waals surface area contributed by atoms with E-state index >= 15 is 0 Å². The molecule has 1 fully saturated rings. The zero-order valence-corrected chi connectivity index (χ0v) is 14.0. The quantitative estimate of drug-likeness (QED) is 0.819. The molecular weight excluding hydrogens is 266 g/mol. The number of aromatic nitrogens is 2. The van der Waals surface area contributed by atoms with Crippen LogP contribution in [0.1, 0.15) is 56.1 Å². The summed E-state index contributed by atoms with van der Waals surface area (Å²) in [5, 5.41) is 8.05. The molecule has 0 saturated heterocycles. The van der Waals surface area contributed by atoms with Crippen molar-refractivity contribution in [2.75, 3.05) is 7.11 Å². The van der Waals surface area contributed by atoms with Crippen LogP contribution in [0.15, 0.2) is 0 Å². The van der Waals surface area contributed by atoms with E-state index in [4.69, 9.17) is 4.74 Å². The fraction of sp³-hybridized carbons (Fsp3) is 0.750. The summed E-state index contributed by atoms with van der Waals surface area (Å²) in [7, 11) is 1.45. The summed E-state index contributed by atoms with van der Waals surface area (Å²) < 4.78 is 7.04. The van der Waals surface area contributed by atoms with Gasteiger partial charge < -0.3 is 4.74 Å². The Hall–Kier alpha value is -1.36. The zero-order chi connectivity index (χ0) is 15.8. The van der Waals surface area contributed by atoms with Crippen LogP contribution in [-0.2, 0) is 9.53 Å². The molecule has 0 aromatic carbocycles. The van der Waals surface area contributed by atoms with Crippen molar-refractivity contribution in [3.05, 3.63) is 17.0 Å². The number of ether oxygens (including phenoxy) is 1. The highest BCUT2D eigenvalue weighted by Crippen LogP contribution is 2.29. The van der Waals surface area contributed by atoms with Crippen LogP contribution in [-0.4, -0.2) is 34.4 Å². The summed E-state index contributed by atoms with van der Waals surface area (Å²) in [5.41, 5.74) is 2.78. The number of carbonyl (C=O) groups excluding carboxylic acids is 1. The average Bonchev–Trinajstić information content (AvgIpc) is 3.20. The highest BCUT2D eigenvalue weighted by Gasteiger charge is 2.41. The second-order valence-electron chi connectivity index (χ2n) is 6.54. The van der Waals surface area contributed by atoms with Gasteiger partial charge in [-0.05, 0) is 59.4 Å². The molecule has 0 spiro atoms. The number of rotatable bonds is 6. The van der Waals surface area contributed by atoms with Crippen LogP contribution >= 0.6 is 0 Å². The number of esters is 1. The SMILES string of the molecule is COC(=O)C(C)(CC(C)n1nc(C)c(C)c1C)NC1CC1. The molecule has 118 valence electrons. The molecule has 1 N–H and O–H groups in total. The lowest BCUT2D eigenvalue weighted by Gasteiger charge is -2.31. The minimum Gasteiger partial charge on any atom is -0.468 e. The van der Waals surface area contributed by atoms with Gasteiger partial charge in [0.1, 0.15) is 5.54 Å².